The van der Waals surface area contributed by atoms with Crippen LogP contribution in [0, 0.1) is 12.3 Å². The molecule has 2 rings (SSSR count). The van der Waals surface area contributed by atoms with Gasteiger partial charge in [0.25, 0.3) is 0 Å². The first-order valence-electron chi connectivity index (χ1n) is 7.94. The molecule has 0 saturated heterocycles. The topological polar surface area (TPSA) is 34.9 Å². The average molecular weight is 298 g/mol. The van der Waals surface area contributed by atoms with Gasteiger partial charge in [0, 0.05) is 18.2 Å². The van der Waals surface area contributed by atoms with Crippen LogP contribution in [0.3, 0.4) is 0 Å². The smallest absolute Gasteiger partial charge is 0.154 e. The van der Waals surface area contributed by atoms with Crippen molar-refractivity contribution in [2.75, 3.05) is 0 Å². The van der Waals surface area contributed by atoms with E-state index in [1.807, 2.05) is 12.3 Å². The van der Waals surface area contributed by atoms with E-state index in [4.69, 9.17) is 0 Å². The van der Waals surface area contributed by atoms with Gasteiger partial charge >= 0.3 is 0 Å². The molecule has 0 fully saturated rings. The number of carbonyl (C=O) groups excluding carboxylic acids is 1. The third-order valence-electron chi connectivity index (χ3n) is 3.66. The maximum absolute atomic E-state index is 12.1. The number of carbonyl (C=O) groups is 1. The number of rotatable bonds is 5. The van der Waals surface area contributed by atoms with Gasteiger partial charge in [-0.3, -0.25) is 9.48 Å². The Morgan fingerprint density at radius 2 is 1.91 bits per heavy atom. The maximum atomic E-state index is 12.1. The Labute approximate surface area is 133 Å². The summed E-state index contributed by atoms with van der Waals surface area (Å²) in [5, 5.41) is 4.65. The number of Topliss-reactive ketones (excluding diaryl/α,β-unsaturated/α-hetero) is 1. The summed E-state index contributed by atoms with van der Waals surface area (Å²) in [4.78, 5) is 12.1. The molecule has 3 heteroatoms. The second-order valence-corrected chi connectivity index (χ2v) is 7.15. The second-order valence-electron chi connectivity index (χ2n) is 7.15. The predicted octanol–water partition coefficient (Wildman–Crippen LogP) is 4.43. The quantitative estimate of drug-likeness (QED) is 0.818. The summed E-state index contributed by atoms with van der Waals surface area (Å²) >= 11 is 0. The Balaban J connectivity index is 2.23. The predicted molar refractivity (Wildman–Crippen MR) is 90.9 cm³/mol. The van der Waals surface area contributed by atoms with Crippen molar-refractivity contribution in [1.29, 1.82) is 0 Å². The largest absolute Gasteiger partial charge is 0.298 e. The van der Waals surface area contributed by atoms with Crippen LogP contribution < -0.4 is 0 Å². The lowest BCUT2D eigenvalue weighted by molar-refractivity contribution is -0.121. The molecule has 0 spiro atoms. The molecule has 0 N–H and O–H groups in total. The van der Waals surface area contributed by atoms with Crippen LogP contribution >= 0.6 is 0 Å². The molecule has 3 nitrogen and oxygen atoms in total. The molecule has 0 unspecified atom stereocenters. The van der Waals surface area contributed by atoms with E-state index in [0.29, 0.717) is 13.0 Å². The minimum atomic E-state index is 0.0247. The van der Waals surface area contributed by atoms with Crippen molar-refractivity contribution in [1.82, 2.24) is 9.78 Å². The Morgan fingerprint density at radius 3 is 2.55 bits per heavy atom. The summed E-state index contributed by atoms with van der Waals surface area (Å²) in [7, 11) is 0. The fourth-order valence-electron chi connectivity index (χ4n) is 2.76. The normalized spacial score (nSPS) is 11.7. The molecule has 118 valence electrons. The van der Waals surface area contributed by atoms with Crippen LogP contribution in [0.4, 0.5) is 0 Å². The molecule has 0 amide bonds. The van der Waals surface area contributed by atoms with Gasteiger partial charge in [0.05, 0.1) is 12.2 Å². The maximum Gasteiger partial charge on any atom is 0.154 e. The number of hydrogen-bond donors (Lipinski definition) is 0. The van der Waals surface area contributed by atoms with E-state index in [9.17, 15) is 4.79 Å². The summed E-state index contributed by atoms with van der Waals surface area (Å²) in [6, 6.07) is 8.34. The standard InChI is InChI=1S/C19H26N2O/c1-6-15-9-7-8-10-17(15)18-14(2)12-21(20-18)13-16(22)11-19(3,4)5/h7-10,12H,6,11,13H2,1-5H3. The van der Waals surface area contributed by atoms with Gasteiger partial charge in [-0.1, -0.05) is 52.0 Å². The molecular formula is C19H26N2O. The van der Waals surface area contributed by atoms with Gasteiger partial charge < -0.3 is 0 Å². The Morgan fingerprint density at radius 1 is 1.23 bits per heavy atom. The highest BCUT2D eigenvalue weighted by molar-refractivity contribution is 5.79. The van der Waals surface area contributed by atoms with Crippen molar-refractivity contribution in [2.24, 2.45) is 5.41 Å². The van der Waals surface area contributed by atoms with Gasteiger partial charge in [0.1, 0.15) is 0 Å². The molecule has 0 aliphatic carbocycles. The molecule has 1 aromatic carbocycles. The zero-order valence-electron chi connectivity index (χ0n) is 14.3. The van der Waals surface area contributed by atoms with Crippen molar-refractivity contribution >= 4 is 5.78 Å². The Kier molecular flexibility index (Phi) is 4.84. The first kappa shape index (κ1) is 16.5. The van der Waals surface area contributed by atoms with Crippen LogP contribution in [0.25, 0.3) is 11.3 Å². The number of nitrogens with zero attached hydrogens (tertiary/aromatic N) is 2. The molecule has 0 bridgehead atoms. The lowest BCUT2D eigenvalue weighted by atomic mass is 9.90. The van der Waals surface area contributed by atoms with Crippen molar-refractivity contribution in [3.05, 3.63) is 41.6 Å². The number of aryl methyl sites for hydroxylation is 2. The number of benzene rings is 1. The minimum Gasteiger partial charge on any atom is -0.298 e. The van der Waals surface area contributed by atoms with Gasteiger partial charge in [0.15, 0.2) is 5.78 Å². The highest BCUT2D eigenvalue weighted by Gasteiger charge is 2.17. The van der Waals surface area contributed by atoms with E-state index in [2.05, 4.69) is 57.9 Å². The molecule has 0 aliphatic heterocycles. The lowest BCUT2D eigenvalue weighted by Gasteiger charge is -2.16. The third kappa shape index (κ3) is 4.06. The molecular weight excluding hydrogens is 272 g/mol. The van der Waals surface area contributed by atoms with Crippen LogP contribution in [0.5, 0.6) is 0 Å². The van der Waals surface area contributed by atoms with E-state index < -0.39 is 0 Å². The number of hydrogen-bond acceptors (Lipinski definition) is 2. The monoisotopic (exact) mass is 298 g/mol. The van der Waals surface area contributed by atoms with Crippen LogP contribution in [-0.2, 0) is 17.8 Å². The summed E-state index contributed by atoms with van der Waals surface area (Å²) < 4.78 is 1.78. The van der Waals surface area contributed by atoms with Crippen LogP contribution in [-0.4, -0.2) is 15.6 Å². The molecule has 1 heterocycles. The van der Waals surface area contributed by atoms with Crippen molar-refractivity contribution < 1.29 is 4.79 Å². The fraction of sp³-hybridized carbons (Fsp3) is 0.474. The van der Waals surface area contributed by atoms with Gasteiger partial charge in [-0.05, 0) is 29.9 Å². The van der Waals surface area contributed by atoms with E-state index in [1.54, 1.807) is 4.68 Å². The van der Waals surface area contributed by atoms with Crippen molar-refractivity contribution in [2.45, 2.75) is 54.0 Å². The molecule has 0 saturated carbocycles. The van der Waals surface area contributed by atoms with Crippen LogP contribution in [0.15, 0.2) is 30.5 Å². The Hall–Kier alpha value is -1.90. The first-order valence-corrected chi connectivity index (χ1v) is 7.94. The van der Waals surface area contributed by atoms with E-state index in [-0.39, 0.29) is 11.2 Å². The zero-order chi connectivity index (χ0) is 16.3. The fourth-order valence-corrected chi connectivity index (χ4v) is 2.76. The molecule has 0 radical (unpaired) electrons. The second kappa shape index (κ2) is 6.47. The third-order valence-corrected chi connectivity index (χ3v) is 3.66. The van der Waals surface area contributed by atoms with Crippen LogP contribution in [0.1, 0.15) is 45.2 Å². The summed E-state index contributed by atoms with van der Waals surface area (Å²) in [6.07, 6.45) is 3.53. The summed E-state index contributed by atoms with van der Waals surface area (Å²) in [5.74, 6) is 0.227. The van der Waals surface area contributed by atoms with Gasteiger partial charge in [-0.2, -0.15) is 5.10 Å². The van der Waals surface area contributed by atoms with Crippen molar-refractivity contribution in [3.63, 3.8) is 0 Å². The average Bonchev–Trinajstić information content (AvgIpc) is 2.77. The van der Waals surface area contributed by atoms with E-state index in [0.717, 1.165) is 17.7 Å². The summed E-state index contributed by atoms with van der Waals surface area (Å²) in [6.45, 7) is 10.8. The lowest BCUT2D eigenvalue weighted by Crippen LogP contribution is -2.18. The van der Waals surface area contributed by atoms with Gasteiger partial charge in [-0.25, -0.2) is 0 Å². The van der Waals surface area contributed by atoms with Gasteiger partial charge in [0.2, 0.25) is 0 Å². The highest BCUT2D eigenvalue weighted by Crippen LogP contribution is 2.26. The summed E-state index contributed by atoms with van der Waals surface area (Å²) in [5.41, 5.74) is 4.59. The molecule has 22 heavy (non-hydrogen) atoms. The van der Waals surface area contributed by atoms with Crippen LogP contribution in [0.2, 0.25) is 0 Å². The minimum absolute atomic E-state index is 0.0247. The molecule has 0 atom stereocenters. The van der Waals surface area contributed by atoms with E-state index >= 15 is 0 Å². The number of ketones is 1. The first-order chi connectivity index (χ1) is 10.3. The molecule has 2 aromatic rings. The highest BCUT2D eigenvalue weighted by atomic mass is 16.1. The SMILES string of the molecule is CCc1ccccc1-c1nn(CC(=O)CC(C)(C)C)cc1C. The molecule has 0 aliphatic rings. The molecule has 1 aromatic heterocycles. The van der Waals surface area contributed by atoms with Crippen molar-refractivity contribution in [3.8, 4) is 11.3 Å². The van der Waals surface area contributed by atoms with E-state index in [1.165, 1.54) is 11.1 Å². The zero-order valence-corrected chi connectivity index (χ0v) is 14.3. The Bertz CT molecular complexity index is 662. The van der Waals surface area contributed by atoms with Gasteiger partial charge in [-0.15, -0.1) is 0 Å². The number of aromatic nitrogens is 2.